The molecule has 2 N–H and O–H groups in total. The molecule has 1 aromatic rings. The molecule has 1 aliphatic rings. The lowest BCUT2D eigenvalue weighted by molar-refractivity contribution is 0.0529. The SMILES string of the molecule is C=CCNC(=NCC1(c2ccccc2C)CCOCC1)NCC. The van der Waals surface area contributed by atoms with Gasteiger partial charge in [-0.1, -0.05) is 30.3 Å². The van der Waals surface area contributed by atoms with Crippen LogP contribution < -0.4 is 10.6 Å². The highest BCUT2D eigenvalue weighted by Crippen LogP contribution is 2.36. The van der Waals surface area contributed by atoms with Crippen molar-refractivity contribution in [2.75, 3.05) is 32.8 Å². The Bertz CT molecular complexity index is 533. The first-order chi connectivity index (χ1) is 11.2. The topological polar surface area (TPSA) is 45.7 Å². The minimum absolute atomic E-state index is 0.0696. The Morgan fingerprint density at radius 3 is 2.70 bits per heavy atom. The molecule has 0 amide bonds. The third kappa shape index (κ3) is 4.58. The summed E-state index contributed by atoms with van der Waals surface area (Å²) >= 11 is 0. The van der Waals surface area contributed by atoms with Gasteiger partial charge in [-0.15, -0.1) is 6.58 Å². The highest BCUT2D eigenvalue weighted by molar-refractivity contribution is 5.80. The lowest BCUT2D eigenvalue weighted by Crippen LogP contribution is -2.41. The molecule has 1 fully saturated rings. The Kier molecular flexibility index (Phi) is 6.66. The van der Waals surface area contributed by atoms with E-state index >= 15 is 0 Å². The maximum atomic E-state index is 5.61. The summed E-state index contributed by atoms with van der Waals surface area (Å²) in [6.45, 7) is 12.0. The van der Waals surface area contributed by atoms with Gasteiger partial charge in [0.05, 0.1) is 6.54 Å². The first kappa shape index (κ1) is 17.5. The van der Waals surface area contributed by atoms with Crippen LogP contribution >= 0.6 is 0 Å². The molecule has 23 heavy (non-hydrogen) atoms. The van der Waals surface area contributed by atoms with Crippen molar-refractivity contribution in [3.63, 3.8) is 0 Å². The van der Waals surface area contributed by atoms with Crippen molar-refractivity contribution in [3.8, 4) is 0 Å². The molecule has 4 nitrogen and oxygen atoms in total. The van der Waals surface area contributed by atoms with E-state index in [1.807, 2.05) is 6.08 Å². The first-order valence-electron chi connectivity index (χ1n) is 8.49. The van der Waals surface area contributed by atoms with Gasteiger partial charge in [0.15, 0.2) is 5.96 Å². The number of nitrogens with one attached hydrogen (secondary N) is 2. The summed E-state index contributed by atoms with van der Waals surface area (Å²) in [4.78, 5) is 4.86. The molecule has 1 aromatic carbocycles. The smallest absolute Gasteiger partial charge is 0.191 e. The fourth-order valence-corrected chi connectivity index (χ4v) is 3.18. The highest BCUT2D eigenvalue weighted by atomic mass is 16.5. The van der Waals surface area contributed by atoms with E-state index in [1.54, 1.807) is 0 Å². The van der Waals surface area contributed by atoms with Crippen LogP contribution in [0.4, 0.5) is 0 Å². The van der Waals surface area contributed by atoms with Gasteiger partial charge in [-0.2, -0.15) is 0 Å². The van der Waals surface area contributed by atoms with Crippen molar-refractivity contribution in [3.05, 3.63) is 48.0 Å². The molecule has 0 saturated carbocycles. The number of guanidine groups is 1. The summed E-state index contributed by atoms with van der Waals surface area (Å²) in [5, 5.41) is 6.58. The largest absolute Gasteiger partial charge is 0.381 e. The van der Waals surface area contributed by atoms with E-state index in [1.165, 1.54) is 11.1 Å². The van der Waals surface area contributed by atoms with E-state index in [0.717, 1.165) is 45.1 Å². The molecule has 2 rings (SSSR count). The van der Waals surface area contributed by atoms with Crippen molar-refractivity contribution in [2.24, 2.45) is 4.99 Å². The number of hydrogen-bond donors (Lipinski definition) is 2. The quantitative estimate of drug-likeness (QED) is 0.482. The molecule has 1 heterocycles. The van der Waals surface area contributed by atoms with E-state index in [4.69, 9.17) is 9.73 Å². The molecule has 0 aliphatic carbocycles. The predicted octanol–water partition coefficient (Wildman–Crippen LogP) is 2.78. The number of benzene rings is 1. The molecule has 126 valence electrons. The van der Waals surface area contributed by atoms with E-state index in [9.17, 15) is 0 Å². The van der Waals surface area contributed by atoms with Crippen LogP contribution in [0, 0.1) is 6.92 Å². The fourth-order valence-electron chi connectivity index (χ4n) is 3.18. The van der Waals surface area contributed by atoms with Crippen molar-refractivity contribution in [1.82, 2.24) is 10.6 Å². The number of rotatable bonds is 6. The maximum Gasteiger partial charge on any atom is 0.191 e. The Hall–Kier alpha value is -1.81. The Morgan fingerprint density at radius 2 is 2.04 bits per heavy atom. The van der Waals surface area contributed by atoms with Gasteiger partial charge >= 0.3 is 0 Å². The van der Waals surface area contributed by atoms with Crippen molar-refractivity contribution in [1.29, 1.82) is 0 Å². The van der Waals surface area contributed by atoms with Crippen LogP contribution in [-0.4, -0.2) is 38.8 Å². The average molecular weight is 315 g/mol. The van der Waals surface area contributed by atoms with Crippen LogP contribution in [-0.2, 0) is 10.2 Å². The molecule has 0 atom stereocenters. The molecule has 4 heteroatoms. The van der Waals surface area contributed by atoms with Gasteiger partial charge in [-0.3, -0.25) is 4.99 Å². The predicted molar refractivity (Wildman–Crippen MR) is 97.1 cm³/mol. The van der Waals surface area contributed by atoms with Gasteiger partial charge in [0, 0.05) is 31.7 Å². The zero-order chi connectivity index (χ0) is 16.5. The van der Waals surface area contributed by atoms with Crippen LogP contribution in [0.1, 0.15) is 30.9 Å². The number of aryl methyl sites for hydroxylation is 1. The minimum atomic E-state index is 0.0696. The van der Waals surface area contributed by atoms with E-state index in [0.29, 0.717) is 6.54 Å². The summed E-state index contributed by atoms with van der Waals surface area (Å²) < 4.78 is 5.61. The maximum absolute atomic E-state index is 5.61. The summed E-state index contributed by atoms with van der Waals surface area (Å²) in [6.07, 6.45) is 3.88. The molecule has 0 bridgehead atoms. The highest BCUT2D eigenvalue weighted by Gasteiger charge is 2.35. The van der Waals surface area contributed by atoms with E-state index in [2.05, 4.69) is 55.3 Å². The zero-order valence-corrected chi connectivity index (χ0v) is 14.4. The number of nitrogens with zero attached hydrogens (tertiary/aromatic N) is 1. The van der Waals surface area contributed by atoms with Gasteiger partial charge in [0.1, 0.15) is 0 Å². The molecular formula is C19H29N3O. The second-order valence-corrected chi connectivity index (χ2v) is 6.07. The second-order valence-electron chi connectivity index (χ2n) is 6.07. The van der Waals surface area contributed by atoms with Crippen LogP contribution in [0.2, 0.25) is 0 Å². The standard InChI is InChI=1S/C19H29N3O/c1-4-12-21-18(20-5-2)22-15-19(10-13-23-14-11-19)17-9-7-6-8-16(17)3/h4,6-9H,1,5,10-15H2,2-3H3,(H2,20,21,22). The Balaban J connectivity index is 2.24. The summed E-state index contributed by atoms with van der Waals surface area (Å²) in [5.74, 6) is 0.854. The third-order valence-corrected chi connectivity index (χ3v) is 4.46. The molecule has 0 aromatic heterocycles. The third-order valence-electron chi connectivity index (χ3n) is 4.46. The minimum Gasteiger partial charge on any atom is -0.381 e. The lowest BCUT2D eigenvalue weighted by atomic mass is 9.72. The van der Waals surface area contributed by atoms with Gasteiger partial charge in [-0.25, -0.2) is 0 Å². The Morgan fingerprint density at radius 1 is 1.30 bits per heavy atom. The molecule has 1 saturated heterocycles. The van der Waals surface area contributed by atoms with Gasteiger partial charge in [-0.05, 0) is 37.8 Å². The molecule has 0 unspecified atom stereocenters. The Labute approximate surface area is 140 Å². The number of hydrogen-bond acceptors (Lipinski definition) is 2. The van der Waals surface area contributed by atoms with Crippen LogP contribution in [0.25, 0.3) is 0 Å². The van der Waals surface area contributed by atoms with Gasteiger partial charge < -0.3 is 15.4 Å². The van der Waals surface area contributed by atoms with Crippen LogP contribution in [0.5, 0.6) is 0 Å². The summed E-state index contributed by atoms with van der Waals surface area (Å²) in [7, 11) is 0. The van der Waals surface area contributed by atoms with Crippen molar-refractivity contribution in [2.45, 2.75) is 32.1 Å². The zero-order valence-electron chi connectivity index (χ0n) is 14.4. The monoisotopic (exact) mass is 315 g/mol. The number of ether oxygens (including phenoxy) is 1. The van der Waals surface area contributed by atoms with Crippen LogP contribution in [0.3, 0.4) is 0 Å². The van der Waals surface area contributed by atoms with Crippen molar-refractivity contribution >= 4 is 5.96 Å². The first-order valence-corrected chi connectivity index (χ1v) is 8.49. The van der Waals surface area contributed by atoms with E-state index < -0.39 is 0 Å². The fraction of sp³-hybridized carbons (Fsp3) is 0.526. The molecule has 0 spiro atoms. The van der Waals surface area contributed by atoms with E-state index in [-0.39, 0.29) is 5.41 Å². The second kappa shape index (κ2) is 8.73. The number of aliphatic imine (C=N–C) groups is 1. The van der Waals surface area contributed by atoms with Gasteiger partial charge in [0.25, 0.3) is 0 Å². The normalized spacial score (nSPS) is 17.6. The summed E-state index contributed by atoms with van der Waals surface area (Å²) in [5.41, 5.74) is 2.82. The molecule has 0 radical (unpaired) electrons. The molecular weight excluding hydrogens is 286 g/mol. The molecule has 1 aliphatic heterocycles. The average Bonchev–Trinajstić information content (AvgIpc) is 2.58. The van der Waals surface area contributed by atoms with Crippen molar-refractivity contribution < 1.29 is 4.74 Å². The van der Waals surface area contributed by atoms with Crippen LogP contribution in [0.15, 0.2) is 41.9 Å². The lowest BCUT2D eigenvalue weighted by Gasteiger charge is -2.37. The van der Waals surface area contributed by atoms with Gasteiger partial charge in [0.2, 0.25) is 0 Å². The summed E-state index contributed by atoms with van der Waals surface area (Å²) in [6, 6.07) is 8.67.